The lowest BCUT2D eigenvalue weighted by molar-refractivity contribution is 0.391. The molecule has 0 bridgehead atoms. The lowest BCUT2D eigenvalue weighted by Gasteiger charge is -2.28. The van der Waals surface area contributed by atoms with Crippen LogP contribution in [-0.4, -0.2) is 48.6 Å². The Bertz CT molecular complexity index is 202. The van der Waals surface area contributed by atoms with Crippen molar-refractivity contribution in [2.24, 2.45) is 0 Å². The van der Waals surface area contributed by atoms with Crippen LogP contribution in [0.2, 0.25) is 0 Å². The summed E-state index contributed by atoms with van der Waals surface area (Å²) in [6, 6.07) is 0.750. The fourth-order valence-corrected chi connectivity index (χ4v) is 3.83. The van der Waals surface area contributed by atoms with E-state index >= 15 is 0 Å². The molecule has 1 saturated heterocycles. The molecule has 0 spiro atoms. The summed E-state index contributed by atoms with van der Waals surface area (Å²) in [4.78, 5) is 2.43. The third-order valence-electron chi connectivity index (χ3n) is 4.05. The summed E-state index contributed by atoms with van der Waals surface area (Å²) in [6.07, 6.45) is 9.34. The first-order valence-electron chi connectivity index (χ1n) is 6.21. The standard InChI is InChI=1S/C12H24N2S/c1-14-8-5-11(9-14)13-10-12(15-2)6-3-4-7-12/h11,13H,3-10H2,1-2H3. The van der Waals surface area contributed by atoms with E-state index in [0.717, 1.165) is 6.04 Å². The van der Waals surface area contributed by atoms with Gasteiger partial charge in [-0.3, -0.25) is 0 Å². The smallest absolute Gasteiger partial charge is 0.0281 e. The Morgan fingerprint density at radius 2 is 2.13 bits per heavy atom. The number of thioether (sulfide) groups is 1. The van der Waals surface area contributed by atoms with E-state index in [1.54, 1.807) is 0 Å². The summed E-state index contributed by atoms with van der Waals surface area (Å²) >= 11 is 2.09. The monoisotopic (exact) mass is 228 g/mol. The van der Waals surface area contributed by atoms with Gasteiger partial charge in [0.25, 0.3) is 0 Å². The molecule has 1 aliphatic heterocycles. The average molecular weight is 228 g/mol. The van der Waals surface area contributed by atoms with E-state index in [9.17, 15) is 0 Å². The van der Waals surface area contributed by atoms with Gasteiger partial charge in [-0.15, -0.1) is 0 Å². The molecule has 15 heavy (non-hydrogen) atoms. The number of likely N-dealkylation sites (tertiary alicyclic amines) is 1. The second-order valence-corrected chi connectivity index (χ2v) is 6.50. The maximum atomic E-state index is 3.78. The molecule has 0 radical (unpaired) electrons. The van der Waals surface area contributed by atoms with E-state index in [-0.39, 0.29) is 0 Å². The molecule has 1 saturated carbocycles. The van der Waals surface area contributed by atoms with Crippen LogP contribution in [0.15, 0.2) is 0 Å². The van der Waals surface area contributed by atoms with Gasteiger partial charge in [0, 0.05) is 23.9 Å². The molecule has 0 aromatic rings. The first-order chi connectivity index (χ1) is 7.24. The van der Waals surface area contributed by atoms with Gasteiger partial charge in [0.2, 0.25) is 0 Å². The highest BCUT2D eigenvalue weighted by Crippen LogP contribution is 2.39. The Morgan fingerprint density at radius 1 is 1.40 bits per heavy atom. The Balaban J connectivity index is 1.76. The third kappa shape index (κ3) is 2.89. The van der Waals surface area contributed by atoms with Gasteiger partial charge in [0.1, 0.15) is 0 Å². The van der Waals surface area contributed by atoms with Crippen molar-refractivity contribution in [3.05, 3.63) is 0 Å². The van der Waals surface area contributed by atoms with Gasteiger partial charge >= 0.3 is 0 Å². The van der Waals surface area contributed by atoms with Crippen LogP contribution >= 0.6 is 11.8 Å². The molecule has 3 heteroatoms. The van der Waals surface area contributed by atoms with E-state index in [1.165, 1.54) is 51.7 Å². The Labute approximate surface area is 98.2 Å². The number of nitrogens with zero attached hydrogens (tertiary/aromatic N) is 1. The molecule has 2 nitrogen and oxygen atoms in total. The van der Waals surface area contributed by atoms with Crippen LogP contribution in [0.3, 0.4) is 0 Å². The molecule has 0 aromatic carbocycles. The van der Waals surface area contributed by atoms with Gasteiger partial charge in [-0.2, -0.15) is 11.8 Å². The van der Waals surface area contributed by atoms with Gasteiger partial charge in [0.05, 0.1) is 0 Å². The Hall–Kier alpha value is 0.270. The normalized spacial score (nSPS) is 31.2. The Kier molecular flexibility index (Phi) is 3.97. The van der Waals surface area contributed by atoms with Crippen LogP contribution in [-0.2, 0) is 0 Å². The minimum atomic E-state index is 0.571. The maximum absolute atomic E-state index is 3.78. The quantitative estimate of drug-likeness (QED) is 0.792. The highest BCUT2D eigenvalue weighted by Gasteiger charge is 2.33. The Morgan fingerprint density at radius 3 is 2.67 bits per heavy atom. The van der Waals surface area contributed by atoms with Crippen LogP contribution in [0, 0.1) is 0 Å². The van der Waals surface area contributed by atoms with Crippen LogP contribution in [0.1, 0.15) is 32.1 Å². The molecule has 2 aliphatic rings. The molecule has 1 atom stereocenters. The first-order valence-corrected chi connectivity index (χ1v) is 7.44. The lowest BCUT2D eigenvalue weighted by Crippen LogP contribution is -2.41. The number of hydrogen-bond donors (Lipinski definition) is 1. The molecule has 0 aromatic heterocycles. The van der Waals surface area contributed by atoms with E-state index in [0.29, 0.717) is 4.75 Å². The molecular formula is C12H24N2S. The van der Waals surface area contributed by atoms with Crippen LogP contribution in [0.4, 0.5) is 0 Å². The van der Waals surface area contributed by atoms with Crippen molar-refractivity contribution in [3.8, 4) is 0 Å². The van der Waals surface area contributed by atoms with Gasteiger partial charge in [-0.25, -0.2) is 0 Å². The van der Waals surface area contributed by atoms with Crippen molar-refractivity contribution in [2.45, 2.75) is 42.9 Å². The predicted molar refractivity (Wildman–Crippen MR) is 68.6 cm³/mol. The topological polar surface area (TPSA) is 15.3 Å². The fraction of sp³-hybridized carbons (Fsp3) is 1.00. The zero-order valence-electron chi connectivity index (χ0n) is 10.1. The van der Waals surface area contributed by atoms with Crippen molar-refractivity contribution in [3.63, 3.8) is 0 Å². The summed E-state index contributed by atoms with van der Waals surface area (Å²) < 4.78 is 0.571. The third-order valence-corrected chi connectivity index (χ3v) is 5.47. The summed E-state index contributed by atoms with van der Waals surface area (Å²) in [5.41, 5.74) is 0. The molecule has 1 heterocycles. The highest BCUT2D eigenvalue weighted by atomic mass is 32.2. The highest BCUT2D eigenvalue weighted by molar-refractivity contribution is 8.00. The van der Waals surface area contributed by atoms with E-state index in [1.807, 2.05) is 0 Å². The average Bonchev–Trinajstić information content (AvgIpc) is 2.85. The lowest BCUT2D eigenvalue weighted by atomic mass is 10.1. The summed E-state index contributed by atoms with van der Waals surface area (Å²) in [7, 11) is 2.22. The van der Waals surface area contributed by atoms with E-state index in [2.05, 4.69) is 35.3 Å². The first kappa shape index (κ1) is 11.7. The van der Waals surface area contributed by atoms with Crippen LogP contribution < -0.4 is 5.32 Å². The van der Waals surface area contributed by atoms with Gasteiger partial charge in [0.15, 0.2) is 0 Å². The predicted octanol–water partition coefficient (Wildman–Crippen LogP) is 1.96. The van der Waals surface area contributed by atoms with E-state index < -0.39 is 0 Å². The van der Waals surface area contributed by atoms with Gasteiger partial charge in [-0.05, 0) is 39.1 Å². The van der Waals surface area contributed by atoms with Gasteiger partial charge < -0.3 is 10.2 Å². The second kappa shape index (κ2) is 5.07. The van der Waals surface area contributed by atoms with Gasteiger partial charge in [-0.1, -0.05) is 12.8 Å². The van der Waals surface area contributed by atoms with E-state index in [4.69, 9.17) is 0 Å². The molecule has 88 valence electrons. The minimum absolute atomic E-state index is 0.571. The van der Waals surface area contributed by atoms with Crippen molar-refractivity contribution in [2.75, 3.05) is 32.9 Å². The molecule has 0 amide bonds. The largest absolute Gasteiger partial charge is 0.311 e. The van der Waals surface area contributed by atoms with Crippen LogP contribution in [0.25, 0.3) is 0 Å². The number of hydrogen-bond acceptors (Lipinski definition) is 3. The molecular weight excluding hydrogens is 204 g/mol. The zero-order chi connectivity index (χ0) is 10.7. The summed E-state index contributed by atoms with van der Waals surface area (Å²) in [5.74, 6) is 0. The second-order valence-electron chi connectivity index (χ2n) is 5.22. The van der Waals surface area contributed by atoms with Crippen molar-refractivity contribution in [1.82, 2.24) is 10.2 Å². The minimum Gasteiger partial charge on any atom is -0.311 e. The molecule has 1 N–H and O–H groups in total. The number of nitrogens with one attached hydrogen (secondary N) is 1. The molecule has 2 rings (SSSR count). The fourth-order valence-electron chi connectivity index (χ4n) is 2.90. The summed E-state index contributed by atoms with van der Waals surface area (Å²) in [5, 5.41) is 3.78. The van der Waals surface area contributed by atoms with Crippen molar-refractivity contribution >= 4 is 11.8 Å². The van der Waals surface area contributed by atoms with Crippen molar-refractivity contribution < 1.29 is 0 Å². The number of rotatable bonds is 4. The summed E-state index contributed by atoms with van der Waals surface area (Å²) in [6.45, 7) is 3.74. The SMILES string of the molecule is CSC1(CNC2CCN(C)C2)CCCC1. The molecule has 1 unspecified atom stereocenters. The molecule has 2 fully saturated rings. The zero-order valence-corrected chi connectivity index (χ0v) is 10.9. The van der Waals surface area contributed by atoms with Crippen LogP contribution in [0.5, 0.6) is 0 Å². The molecule has 1 aliphatic carbocycles. The van der Waals surface area contributed by atoms with Crippen molar-refractivity contribution in [1.29, 1.82) is 0 Å². The maximum Gasteiger partial charge on any atom is 0.0281 e. The number of likely N-dealkylation sites (N-methyl/N-ethyl adjacent to an activating group) is 1.